The second-order valence-electron chi connectivity index (χ2n) is 10.1. The molecule has 0 aromatic carbocycles. The van der Waals surface area contributed by atoms with Gasteiger partial charge in [0.15, 0.2) is 0 Å². The van der Waals surface area contributed by atoms with Gasteiger partial charge in [-0.05, 0) is 54.7 Å². The number of esters is 1. The summed E-state index contributed by atoms with van der Waals surface area (Å²) >= 11 is 0. The minimum Gasteiger partial charge on any atom is -0.481 e. The van der Waals surface area contributed by atoms with E-state index in [0.717, 1.165) is 49.3 Å². The zero-order valence-electron chi connectivity index (χ0n) is 21.1. The Morgan fingerprint density at radius 2 is 2.03 bits per heavy atom. The molecule has 1 fully saturated rings. The minimum atomic E-state index is -0.330. The summed E-state index contributed by atoms with van der Waals surface area (Å²) in [6, 6.07) is 8.28. The van der Waals surface area contributed by atoms with Crippen LogP contribution in [0.4, 0.5) is 5.82 Å². The lowest BCUT2D eigenvalue weighted by Gasteiger charge is -2.61. The molecule has 8 heteroatoms. The van der Waals surface area contributed by atoms with Crippen LogP contribution in [-0.4, -0.2) is 49.2 Å². The van der Waals surface area contributed by atoms with E-state index in [2.05, 4.69) is 52.4 Å². The average Bonchev–Trinajstić information content (AvgIpc) is 2.88. The first-order valence-electron chi connectivity index (χ1n) is 12.4. The van der Waals surface area contributed by atoms with Gasteiger partial charge in [0.05, 0.1) is 20.6 Å². The number of fused-ring (bicyclic) bond motifs is 1. The molecule has 1 aliphatic heterocycles. The molecule has 35 heavy (non-hydrogen) atoms. The van der Waals surface area contributed by atoms with Crippen LogP contribution in [-0.2, 0) is 32.6 Å². The Labute approximate surface area is 207 Å². The molecule has 2 atom stereocenters. The molecule has 8 nitrogen and oxygen atoms in total. The SMILES string of the molecule is COC(=O)CCNC(=O)[C@@H]1C[C@@](CCc2ccc3c(n2)NCCC3)(c2ccc(OC)nc2)C1(C)C. The number of aryl methyl sites for hydroxylation is 2. The molecule has 0 saturated heterocycles. The molecule has 1 aliphatic carbocycles. The van der Waals surface area contributed by atoms with Crippen molar-refractivity contribution < 1.29 is 19.1 Å². The Balaban J connectivity index is 1.53. The number of hydrogen-bond donors (Lipinski definition) is 2. The molecule has 2 aromatic heterocycles. The van der Waals surface area contributed by atoms with E-state index >= 15 is 0 Å². The lowest BCUT2D eigenvalue weighted by molar-refractivity contribution is -0.146. The highest BCUT2D eigenvalue weighted by atomic mass is 16.5. The zero-order valence-corrected chi connectivity index (χ0v) is 21.1. The van der Waals surface area contributed by atoms with Gasteiger partial charge in [0, 0.05) is 42.4 Å². The van der Waals surface area contributed by atoms with Crippen molar-refractivity contribution in [1.82, 2.24) is 15.3 Å². The summed E-state index contributed by atoms with van der Waals surface area (Å²) in [5.74, 6) is 1.06. The van der Waals surface area contributed by atoms with E-state index in [1.807, 2.05) is 12.3 Å². The van der Waals surface area contributed by atoms with E-state index in [9.17, 15) is 9.59 Å². The smallest absolute Gasteiger partial charge is 0.307 e. The summed E-state index contributed by atoms with van der Waals surface area (Å²) in [6.07, 6.45) is 6.62. The quantitative estimate of drug-likeness (QED) is 0.530. The van der Waals surface area contributed by atoms with Gasteiger partial charge in [-0.3, -0.25) is 9.59 Å². The highest BCUT2D eigenvalue weighted by Crippen LogP contribution is 2.63. The van der Waals surface area contributed by atoms with Crippen molar-refractivity contribution >= 4 is 17.7 Å². The maximum atomic E-state index is 13.0. The molecular weight excluding hydrogens is 444 g/mol. The fourth-order valence-electron chi connectivity index (χ4n) is 5.69. The molecule has 3 heterocycles. The van der Waals surface area contributed by atoms with E-state index in [0.29, 0.717) is 12.3 Å². The van der Waals surface area contributed by atoms with Crippen molar-refractivity contribution in [2.45, 2.75) is 57.8 Å². The normalized spacial score (nSPS) is 22.2. The van der Waals surface area contributed by atoms with Crippen LogP contribution in [0.3, 0.4) is 0 Å². The Morgan fingerprint density at radius 1 is 1.20 bits per heavy atom. The summed E-state index contributed by atoms with van der Waals surface area (Å²) in [7, 11) is 2.96. The van der Waals surface area contributed by atoms with Gasteiger partial charge in [0.1, 0.15) is 5.82 Å². The molecule has 4 rings (SSSR count). The number of amides is 1. The van der Waals surface area contributed by atoms with Gasteiger partial charge in [0.2, 0.25) is 11.8 Å². The standard InChI is InChI=1S/C27H36N4O4/c1-26(2)21(25(33)29-15-12-23(32)35-4)16-27(26,19-8-10-22(34-3)30-17-19)13-11-20-9-7-18-6-5-14-28-24(18)31-20/h7-10,17,21H,5-6,11-16H2,1-4H3,(H,28,31)(H,29,33)/t21-,27-/m0/s1. The summed E-state index contributed by atoms with van der Waals surface area (Å²) in [6.45, 7) is 5.56. The third-order valence-electron chi connectivity index (χ3n) is 8.09. The monoisotopic (exact) mass is 480 g/mol. The molecule has 1 amide bonds. The summed E-state index contributed by atoms with van der Waals surface area (Å²) in [4.78, 5) is 33.8. The van der Waals surface area contributed by atoms with Crippen LogP contribution in [0.1, 0.15) is 56.4 Å². The van der Waals surface area contributed by atoms with Gasteiger partial charge in [-0.2, -0.15) is 0 Å². The first-order chi connectivity index (χ1) is 16.8. The molecule has 0 spiro atoms. The van der Waals surface area contributed by atoms with Crippen molar-refractivity contribution in [1.29, 1.82) is 0 Å². The lowest BCUT2D eigenvalue weighted by Crippen LogP contribution is -2.62. The number of anilines is 1. The number of aromatic nitrogens is 2. The van der Waals surface area contributed by atoms with Crippen molar-refractivity contribution in [3.63, 3.8) is 0 Å². The number of rotatable bonds is 9. The van der Waals surface area contributed by atoms with E-state index < -0.39 is 0 Å². The molecule has 2 aromatic rings. The van der Waals surface area contributed by atoms with E-state index in [1.54, 1.807) is 7.11 Å². The van der Waals surface area contributed by atoms with E-state index in [4.69, 9.17) is 9.72 Å². The Kier molecular flexibility index (Phi) is 7.28. The van der Waals surface area contributed by atoms with Crippen molar-refractivity contribution in [3.05, 3.63) is 47.3 Å². The number of nitrogens with zero attached hydrogens (tertiary/aromatic N) is 2. The number of pyridine rings is 2. The van der Waals surface area contributed by atoms with Gasteiger partial charge < -0.3 is 20.1 Å². The highest BCUT2D eigenvalue weighted by molar-refractivity contribution is 5.82. The third kappa shape index (κ3) is 4.83. The topological polar surface area (TPSA) is 102 Å². The van der Waals surface area contributed by atoms with E-state index in [-0.39, 0.29) is 41.6 Å². The number of carbonyl (C=O) groups excluding carboxylic acids is 2. The van der Waals surface area contributed by atoms with Gasteiger partial charge in [-0.1, -0.05) is 26.0 Å². The fraction of sp³-hybridized carbons (Fsp3) is 0.556. The predicted molar refractivity (Wildman–Crippen MR) is 133 cm³/mol. The molecule has 1 saturated carbocycles. The van der Waals surface area contributed by atoms with Crippen molar-refractivity contribution in [3.8, 4) is 5.88 Å². The lowest BCUT2D eigenvalue weighted by atomic mass is 9.41. The van der Waals surface area contributed by atoms with Crippen LogP contribution in [0.2, 0.25) is 0 Å². The van der Waals surface area contributed by atoms with Crippen LogP contribution >= 0.6 is 0 Å². The van der Waals surface area contributed by atoms with Crippen LogP contribution in [0.15, 0.2) is 30.5 Å². The van der Waals surface area contributed by atoms with Crippen LogP contribution in [0.25, 0.3) is 0 Å². The Morgan fingerprint density at radius 3 is 2.71 bits per heavy atom. The third-order valence-corrected chi connectivity index (χ3v) is 8.09. The number of nitrogens with one attached hydrogen (secondary N) is 2. The summed E-state index contributed by atoms with van der Waals surface area (Å²) < 4.78 is 9.94. The number of carbonyl (C=O) groups is 2. The fourth-order valence-corrected chi connectivity index (χ4v) is 5.69. The number of ether oxygens (including phenoxy) is 2. The molecule has 188 valence electrons. The zero-order chi connectivity index (χ0) is 25.1. The second-order valence-corrected chi connectivity index (χ2v) is 10.1. The highest BCUT2D eigenvalue weighted by Gasteiger charge is 2.62. The molecule has 2 N–H and O–H groups in total. The van der Waals surface area contributed by atoms with Crippen molar-refractivity contribution in [2.75, 3.05) is 32.6 Å². The first-order valence-corrected chi connectivity index (χ1v) is 12.4. The first kappa shape index (κ1) is 24.9. The molecule has 0 bridgehead atoms. The van der Waals surface area contributed by atoms with E-state index in [1.165, 1.54) is 12.7 Å². The van der Waals surface area contributed by atoms with Crippen LogP contribution < -0.4 is 15.4 Å². The van der Waals surface area contributed by atoms with Gasteiger partial charge in [-0.25, -0.2) is 9.97 Å². The predicted octanol–water partition coefficient (Wildman–Crippen LogP) is 3.44. The second kappa shape index (κ2) is 10.2. The maximum absolute atomic E-state index is 13.0. The van der Waals surface area contributed by atoms with Crippen molar-refractivity contribution in [2.24, 2.45) is 11.3 Å². The maximum Gasteiger partial charge on any atom is 0.307 e. The summed E-state index contributed by atoms with van der Waals surface area (Å²) in [5.41, 5.74) is 2.90. The molecule has 2 aliphatic rings. The van der Waals surface area contributed by atoms with Gasteiger partial charge in [0.25, 0.3) is 0 Å². The van der Waals surface area contributed by atoms with Gasteiger partial charge >= 0.3 is 5.97 Å². The largest absolute Gasteiger partial charge is 0.481 e. The summed E-state index contributed by atoms with van der Waals surface area (Å²) in [5, 5.41) is 6.35. The molecular formula is C27H36N4O4. The van der Waals surface area contributed by atoms with Crippen LogP contribution in [0.5, 0.6) is 5.88 Å². The minimum absolute atomic E-state index is 0.0212. The average molecular weight is 481 g/mol. The van der Waals surface area contributed by atoms with Gasteiger partial charge in [-0.15, -0.1) is 0 Å². The number of hydrogen-bond acceptors (Lipinski definition) is 7. The molecule has 0 unspecified atom stereocenters. The van der Waals surface area contributed by atoms with Crippen LogP contribution in [0, 0.1) is 11.3 Å². The molecule has 0 radical (unpaired) electrons. The Hall–Kier alpha value is -3.16. The number of methoxy groups -OCH3 is 2. The Bertz CT molecular complexity index is 1070.